The van der Waals surface area contributed by atoms with Gasteiger partial charge in [0.1, 0.15) is 0 Å². The van der Waals surface area contributed by atoms with Crippen molar-refractivity contribution in [1.82, 2.24) is 0 Å². The minimum absolute atomic E-state index is 0.0512. The third-order valence-electron chi connectivity index (χ3n) is 2.89. The highest BCUT2D eigenvalue weighted by atomic mass is 16.3. The lowest BCUT2D eigenvalue weighted by Gasteiger charge is -2.12. The van der Waals surface area contributed by atoms with Crippen molar-refractivity contribution < 1.29 is 10.2 Å². The van der Waals surface area contributed by atoms with Gasteiger partial charge in [0.05, 0.1) is 0 Å². The Morgan fingerprint density at radius 1 is 1.07 bits per heavy atom. The minimum Gasteiger partial charge on any atom is -0.504 e. The molecule has 0 radical (unpaired) electrons. The van der Waals surface area contributed by atoms with E-state index in [4.69, 9.17) is 0 Å². The first kappa shape index (κ1) is 11.9. The van der Waals surface area contributed by atoms with Gasteiger partial charge in [0, 0.05) is 0 Å². The summed E-state index contributed by atoms with van der Waals surface area (Å²) in [6, 6.07) is 2.01. The summed E-state index contributed by atoms with van der Waals surface area (Å²) >= 11 is 0. The molecule has 0 fully saturated rings. The minimum atomic E-state index is 0.0512. The molecule has 2 nitrogen and oxygen atoms in total. The molecule has 1 rings (SSSR count). The van der Waals surface area contributed by atoms with Crippen LogP contribution in [0.3, 0.4) is 0 Å². The third kappa shape index (κ3) is 2.44. The topological polar surface area (TPSA) is 40.5 Å². The van der Waals surface area contributed by atoms with Gasteiger partial charge in [0.15, 0.2) is 11.5 Å². The summed E-state index contributed by atoms with van der Waals surface area (Å²) in [4.78, 5) is 0. The van der Waals surface area contributed by atoms with Crippen molar-refractivity contribution in [2.45, 2.75) is 46.5 Å². The van der Waals surface area contributed by atoms with E-state index < -0.39 is 0 Å². The molecule has 0 heterocycles. The fraction of sp³-hybridized carbons (Fsp3) is 0.538. The monoisotopic (exact) mass is 208 g/mol. The molecule has 0 aliphatic rings. The lowest BCUT2D eigenvalue weighted by Crippen LogP contribution is -1.94. The second-order valence-corrected chi connectivity index (χ2v) is 3.97. The summed E-state index contributed by atoms with van der Waals surface area (Å²) in [6.07, 6.45) is 3.98. The number of hydrogen-bond donors (Lipinski definition) is 2. The fourth-order valence-electron chi connectivity index (χ4n) is 1.77. The van der Waals surface area contributed by atoms with E-state index in [9.17, 15) is 10.2 Å². The van der Waals surface area contributed by atoms with Gasteiger partial charge in [-0.1, -0.05) is 26.3 Å². The maximum Gasteiger partial charge on any atom is 0.160 e. The zero-order valence-corrected chi connectivity index (χ0v) is 9.80. The largest absolute Gasteiger partial charge is 0.504 e. The zero-order valence-electron chi connectivity index (χ0n) is 9.80. The van der Waals surface area contributed by atoms with Crippen molar-refractivity contribution in [2.75, 3.05) is 0 Å². The highest BCUT2D eigenvalue weighted by molar-refractivity contribution is 5.53. The summed E-state index contributed by atoms with van der Waals surface area (Å²) in [6.45, 7) is 5.99. The lowest BCUT2D eigenvalue weighted by atomic mass is 9.97. The molecular formula is C13H20O2. The molecule has 84 valence electrons. The Balaban J connectivity index is 3.11. The molecule has 0 saturated heterocycles. The van der Waals surface area contributed by atoms with Crippen LogP contribution in [-0.2, 0) is 12.8 Å². The van der Waals surface area contributed by atoms with Crippen molar-refractivity contribution in [3.8, 4) is 11.5 Å². The van der Waals surface area contributed by atoms with Gasteiger partial charge in [-0.2, -0.15) is 0 Å². The number of aromatic hydroxyl groups is 2. The van der Waals surface area contributed by atoms with Crippen LogP contribution in [0.25, 0.3) is 0 Å². The molecule has 0 aromatic heterocycles. The summed E-state index contributed by atoms with van der Waals surface area (Å²) in [5, 5.41) is 19.4. The predicted molar refractivity (Wildman–Crippen MR) is 62.5 cm³/mol. The van der Waals surface area contributed by atoms with Gasteiger partial charge in [-0.05, 0) is 42.9 Å². The Morgan fingerprint density at radius 2 is 1.73 bits per heavy atom. The maximum atomic E-state index is 9.75. The first-order valence-electron chi connectivity index (χ1n) is 5.65. The Morgan fingerprint density at radius 3 is 2.27 bits per heavy atom. The smallest absolute Gasteiger partial charge is 0.160 e. The second kappa shape index (κ2) is 5.06. The van der Waals surface area contributed by atoms with Crippen LogP contribution < -0.4 is 0 Å². The van der Waals surface area contributed by atoms with Crippen LogP contribution in [0, 0.1) is 6.92 Å². The van der Waals surface area contributed by atoms with Crippen LogP contribution in [0.2, 0.25) is 0 Å². The van der Waals surface area contributed by atoms with E-state index in [0.29, 0.717) is 0 Å². The van der Waals surface area contributed by atoms with Crippen molar-refractivity contribution >= 4 is 0 Å². The van der Waals surface area contributed by atoms with Crippen LogP contribution in [0.5, 0.6) is 11.5 Å². The van der Waals surface area contributed by atoms with Crippen LogP contribution in [-0.4, -0.2) is 10.2 Å². The number of unbranched alkanes of at least 4 members (excludes halogenated alkanes) is 1. The molecule has 0 spiro atoms. The van der Waals surface area contributed by atoms with Gasteiger partial charge in [-0.15, -0.1) is 0 Å². The van der Waals surface area contributed by atoms with Crippen molar-refractivity contribution in [3.63, 3.8) is 0 Å². The number of rotatable bonds is 4. The highest BCUT2D eigenvalue weighted by Gasteiger charge is 2.12. The van der Waals surface area contributed by atoms with Crippen molar-refractivity contribution in [3.05, 3.63) is 22.8 Å². The second-order valence-electron chi connectivity index (χ2n) is 3.97. The summed E-state index contributed by atoms with van der Waals surface area (Å²) in [7, 11) is 0. The first-order valence-corrected chi connectivity index (χ1v) is 5.65. The highest BCUT2D eigenvalue weighted by Crippen LogP contribution is 2.35. The van der Waals surface area contributed by atoms with Gasteiger partial charge in [-0.25, -0.2) is 0 Å². The number of hydrogen-bond acceptors (Lipinski definition) is 2. The van der Waals surface area contributed by atoms with E-state index in [1.807, 2.05) is 19.9 Å². The van der Waals surface area contributed by atoms with Crippen LogP contribution in [0.15, 0.2) is 6.07 Å². The molecule has 2 heteroatoms. The quantitative estimate of drug-likeness (QED) is 0.745. The van der Waals surface area contributed by atoms with E-state index in [1.165, 1.54) is 0 Å². The van der Waals surface area contributed by atoms with Crippen LogP contribution in [0.1, 0.15) is 43.4 Å². The number of phenolic OH excluding ortho intramolecular Hbond substituents is 2. The number of phenols is 2. The molecule has 0 saturated carbocycles. The van der Waals surface area contributed by atoms with Gasteiger partial charge in [-0.3, -0.25) is 0 Å². The third-order valence-corrected chi connectivity index (χ3v) is 2.89. The Labute approximate surface area is 91.6 Å². The molecule has 0 aliphatic heterocycles. The first-order chi connectivity index (χ1) is 7.11. The van der Waals surface area contributed by atoms with E-state index in [1.54, 1.807) is 0 Å². The fourth-order valence-corrected chi connectivity index (χ4v) is 1.77. The van der Waals surface area contributed by atoms with Gasteiger partial charge in [0.25, 0.3) is 0 Å². The number of aryl methyl sites for hydroxylation is 2. The molecule has 0 aliphatic carbocycles. The molecule has 1 aromatic rings. The van der Waals surface area contributed by atoms with Crippen LogP contribution >= 0.6 is 0 Å². The Hall–Kier alpha value is -1.18. The molecule has 0 atom stereocenters. The normalized spacial score (nSPS) is 10.6. The number of benzene rings is 1. The van der Waals surface area contributed by atoms with E-state index in [0.717, 1.165) is 42.4 Å². The van der Waals surface area contributed by atoms with Crippen molar-refractivity contribution in [2.24, 2.45) is 0 Å². The molecule has 0 bridgehead atoms. The summed E-state index contributed by atoms with van der Waals surface area (Å²) < 4.78 is 0. The Kier molecular flexibility index (Phi) is 4.01. The SMILES string of the molecule is CCCCc1cc(CC)c(O)c(O)c1C. The summed E-state index contributed by atoms with van der Waals surface area (Å²) in [5.41, 5.74) is 2.81. The standard InChI is InChI=1S/C13H20O2/c1-4-6-7-11-8-10(5-2)13(15)12(14)9(11)3/h8,14-15H,4-7H2,1-3H3. The molecular weight excluding hydrogens is 188 g/mol. The lowest BCUT2D eigenvalue weighted by molar-refractivity contribution is 0.396. The summed E-state index contributed by atoms with van der Waals surface area (Å²) in [5.74, 6) is 0.107. The van der Waals surface area contributed by atoms with Gasteiger partial charge < -0.3 is 10.2 Å². The average molecular weight is 208 g/mol. The molecule has 0 amide bonds. The maximum absolute atomic E-state index is 9.75. The van der Waals surface area contributed by atoms with Gasteiger partial charge in [0.2, 0.25) is 0 Å². The van der Waals surface area contributed by atoms with Crippen molar-refractivity contribution in [1.29, 1.82) is 0 Å². The van der Waals surface area contributed by atoms with E-state index >= 15 is 0 Å². The van der Waals surface area contributed by atoms with Crippen LogP contribution in [0.4, 0.5) is 0 Å². The van der Waals surface area contributed by atoms with E-state index in [-0.39, 0.29) is 11.5 Å². The molecule has 1 aromatic carbocycles. The Bertz CT molecular complexity index is 343. The predicted octanol–water partition coefficient (Wildman–Crippen LogP) is 3.31. The van der Waals surface area contributed by atoms with Gasteiger partial charge >= 0.3 is 0 Å². The molecule has 2 N–H and O–H groups in total. The average Bonchev–Trinajstić information content (AvgIpc) is 2.25. The molecule has 15 heavy (non-hydrogen) atoms. The zero-order chi connectivity index (χ0) is 11.4. The molecule has 0 unspecified atom stereocenters. The van der Waals surface area contributed by atoms with E-state index in [2.05, 4.69) is 6.92 Å².